The first-order chi connectivity index (χ1) is 8.48. The second kappa shape index (κ2) is 5.89. The van der Waals surface area contributed by atoms with Crippen LogP contribution in [0.15, 0.2) is 0 Å². The Balaban J connectivity index is 1.85. The van der Waals surface area contributed by atoms with Crippen LogP contribution in [-0.2, 0) is 0 Å². The Hall–Kier alpha value is -0.120. The predicted octanol–water partition coefficient (Wildman–Crippen LogP) is 2.02. The van der Waals surface area contributed by atoms with Crippen molar-refractivity contribution in [2.24, 2.45) is 11.8 Å². The van der Waals surface area contributed by atoms with E-state index in [9.17, 15) is 10.2 Å². The van der Waals surface area contributed by atoms with Crippen molar-refractivity contribution < 1.29 is 10.2 Å². The summed E-state index contributed by atoms with van der Waals surface area (Å²) in [7, 11) is 0. The molecule has 0 unspecified atom stereocenters. The van der Waals surface area contributed by atoms with Gasteiger partial charge in [0.25, 0.3) is 0 Å². The minimum Gasteiger partial charge on any atom is -0.393 e. The summed E-state index contributed by atoms with van der Waals surface area (Å²) in [5, 5.41) is 20.4. The molecule has 0 aromatic carbocycles. The molecule has 1 aliphatic heterocycles. The maximum atomic E-state index is 10.7. The second-order valence-corrected chi connectivity index (χ2v) is 6.78. The van der Waals surface area contributed by atoms with Gasteiger partial charge in [0, 0.05) is 13.1 Å². The van der Waals surface area contributed by atoms with E-state index in [2.05, 4.69) is 11.8 Å². The lowest BCUT2D eigenvalue weighted by molar-refractivity contribution is -0.0489. The highest BCUT2D eigenvalue weighted by Gasteiger charge is 2.35. The molecule has 0 aromatic rings. The number of β-amino-alcohol motifs (C(OH)–C–C–N with tert-alkyl or cyclic N) is 1. The number of hydrogen-bond acceptors (Lipinski definition) is 3. The van der Waals surface area contributed by atoms with E-state index in [1.807, 2.05) is 6.92 Å². The fourth-order valence-electron chi connectivity index (χ4n) is 3.50. The molecule has 106 valence electrons. The third kappa shape index (κ3) is 3.69. The quantitative estimate of drug-likeness (QED) is 0.811. The van der Waals surface area contributed by atoms with E-state index in [0.717, 1.165) is 64.1 Å². The fourth-order valence-corrected chi connectivity index (χ4v) is 3.50. The van der Waals surface area contributed by atoms with Gasteiger partial charge in [0.05, 0.1) is 11.7 Å². The normalized spacial score (nSPS) is 40.7. The van der Waals surface area contributed by atoms with Gasteiger partial charge in [-0.2, -0.15) is 0 Å². The van der Waals surface area contributed by atoms with Crippen LogP contribution in [0.2, 0.25) is 0 Å². The molecule has 2 fully saturated rings. The Bertz CT molecular complexity index is 259. The Kier molecular flexibility index (Phi) is 4.68. The molecule has 0 radical (unpaired) electrons. The average molecular weight is 255 g/mol. The van der Waals surface area contributed by atoms with E-state index in [1.54, 1.807) is 0 Å². The van der Waals surface area contributed by atoms with Crippen molar-refractivity contribution in [3.8, 4) is 0 Å². The number of rotatable bonds is 3. The maximum Gasteiger partial charge on any atom is 0.0774 e. The largest absolute Gasteiger partial charge is 0.393 e. The molecule has 2 aliphatic rings. The second-order valence-electron chi connectivity index (χ2n) is 6.78. The van der Waals surface area contributed by atoms with Gasteiger partial charge in [-0.3, -0.25) is 0 Å². The number of piperidine rings is 1. The van der Waals surface area contributed by atoms with Crippen molar-refractivity contribution >= 4 is 0 Å². The number of nitrogens with zero attached hydrogens (tertiary/aromatic N) is 1. The number of likely N-dealkylation sites (tertiary alicyclic amines) is 1. The minimum absolute atomic E-state index is 0.214. The zero-order chi connectivity index (χ0) is 13.2. The minimum atomic E-state index is -0.465. The van der Waals surface area contributed by atoms with Crippen molar-refractivity contribution in [2.45, 2.75) is 64.1 Å². The summed E-state index contributed by atoms with van der Waals surface area (Å²) in [5.74, 6) is 1.17. The number of aliphatic hydroxyl groups excluding tert-OH is 1. The number of hydrogen-bond donors (Lipinski definition) is 2. The number of aliphatic hydroxyl groups is 2. The van der Waals surface area contributed by atoms with Gasteiger partial charge in [-0.25, -0.2) is 0 Å². The molecule has 3 nitrogen and oxygen atoms in total. The zero-order valence-corrected chi connectivity index (χ0v) is 11.9. The van der Waals surface area contributed by atoms with Crippen molar-refractivity contribution in [3.05, 3.63) is 0 Å². The molecule has 0 bridgehead atoms. The van der Waals surface area contributed by atoms with E-state index >= 15 is 0 Å². The van der Waals surface area contributed by atoms with Crippen LogP contribution in [0.25, 0.3) is 0 Å². The van der Waals surface area contributed by atoms with E-state index in [1.165, 1.54) is 0 Å². The van der Waals surface area contributed by atoms with Crippen molar-refractivity contribution in [3.63, 3.8) is 0 Å². The Labute approximate surface area is 111 Å². The molecule has 1 aliphatic carbocycles. The van der Waals surface area contributed by atoms with Gasteiger partial charge in [-0.1, -0.05) is 6.92 Å². The molecule has 1 heterocycles. The predicted molar refractivity (Wildman–Crippen MR) is 73.4 cm³/mol. The van der Waals surface area contributed by atoms with Gasteiger partial charge in [-0.05, 0) is 63.8 Å². The molecule has 0 spiro atoms. The first kappa shape index (κ1) is 14.3. The monoisotopic (exact) mass is 255 g/mol. The Morgan fingerprint density at radius 3 is 2.56 bits per heavy atom. The third-order valence-electron chi connectivity index (χ3n) is 4.95. The molecule has 1 saturated carbocycles. The molecule has 18 heavy (non-hydrogen) atoms. The van der Waals surface area contributed by atoms with Crippen LogP contribution in [0.4, 0.5) is 0 Å². The summed E-state index contributed by atoms with van der Waals surface area (Å²) in [5.41, 5.74) is -0.465. The summed E-state index contributed by atoms with van der Waals surface area (Å²) in [6, 6.07) is 0. The molecule has 2 N–H and O–H groups in total. The summed E-state index contributed by atoms with van der Waals surface area (Å²) in [6.07, 6.45) is 6.28. The Morgan fingerprint density at radius 1 is 1.28 bits per heavy atom. The molecule has 2 rings (SSSR count). The van der Waals surface area contributed by atoms with Gasteiger partial charge in [0.1, 0.15) is 0 Å². The average Bonchev–Trinajstić information content (AvgIpc) is 2.33. The molecule has 1 saturated heterocycles. The highest BCUT2D eigenvalue weighted by Crippen LogP contribution is 2.33. The Morgan fingerprint density at radius 2 is 1.94 bits per heavy atom. The first-order valence-corrected chi connectivity index (χ1v) is 7.61. The molecular weight excluding hydrogens is 226 g/mol. The van der Waals surface area contributed by atoms with Crippen LogP contribution in [0.1, 0.15) is 52.4 Å². The topological polar surface area (TPSA) is 43.7 Å². The highest BCUT2D eigenvalue weighted by atomic mass is 16.3. The smallest absolute Gasteiger partial charge is 0.0774 e. The standard InChI is InChI=1S/C15H29NO2/c1-12-5-7-15(18,8-6-12)11-16-9-3-4-14(10-16)13(2)17/h12-14,17-18H,3-11H2,1-2H3/t12?,13-,14-,15?/m1/s1. The summed E-state index contributed by atoms with van der Waals surface area (Å²) in [6.45, 7) is 7.02. The lowest BCUT2D eigenvalue weighted by Gasteiger charge is -2.42. The van der Waals surface area contributed by atoms with E-state index in [-0.39, 0.29) is 6.10 Å². The van der Waals surface area contributed by atoms with Gasteiger partial charge in [0.15, 0.2) is 0 Å². The van der Waals surface area contributed by atoms with E-state index < -0.39 is 5.60 Å². The van der Waals surface area contributed by atoms with Crippen LogP contribution in [0, 0.1) is 11.8 Å². The van der Waals surface area contributed by atoms with Crippen LogP contribution in [-0.4, -0.2) is 46.5 Å². The lowest BCUT2D eigenvalue weighted by atomic mass is 9.79. The molecule has 0 aromatic heterocycles. The van der Waals surface area contributed by atoms with Crippen LogP contribution in [0.3, 0.4) is 0 Å². The summed E-state index contributed by atoms with van der Waals surface area (Å²) >= 11 is 0. The van der Waals surface area contributed by atoms with Crippen LogP contribution in [0.5, 0.6) is 0 Å². The SMILES string of the molecule is CC1CCC(O)(CN2CCC[C@@H]([C@@H](C)O)C2)CC1. The van der Waals surface area contributed by atoms with E-state index in [4.69, 9.17) is 0 Å². The van der Waals surface area contributed by atoms with Gasteiger partial charge in [-0.15, -0.1) is 0 Å². The molecule has 2 atom stereocenters. The zero-order valence-electron chi connectivity index (χ0n) is 11.9. The van der Waals surface area contributed by atoms with Gasteiger partial charge in [0.2, 0.25) is 0 Å². The molecular formula is C15H29NO2. The lowest BCUT2D eigenvalue weighted by Crippen LogP contribution is -2.49. The molecule has 0 amide bonds. The van der Waals surface area contributed by atoms with Gasteiger partial charge < -0.3 is 15.1 Å². The van der Waals surface area contributed by atoms with Crippen molar-refractivity contribution in [1.82, 2.24) is 4.90 Å². The summed E-state index contributed by atoms with van der Waals surface area (Å²) < 4.78 is 0. The van der Waals surface area contributed by atoms with E-state index in [0.29, 0.717) is 5.92 Å². The van der Waals surface area contributed by atoms with Crippen molar-refractivity contribution in [1.29, 1.82) is 0 Å². The summed E-state index contributed by atoms with van der Waals surface area (Å²) in [4.78, 5) is 2.37. The first-order valence-electron chi connectivity index (χ1n) is 7.61. The fraction of sp³-hybridized carbons (Fsp3) is 1.00. The van der Waals surface area contributed by atoms with Gasteiger partial charge >= 0.3 is 0 Å². The molecule has 3 heteroatoms. The van der Waals surface area contributed by atoms with Crippen LogP contribution >= 0.6 is 0 Å². The van der Waals surface area contributed by atoms with Crippen LogP contribution < -0.4 is 0 Å². The maximum absolute atomic E-state index is 10.7. The van der Waals surface area contributed by atoms with Crippen molar-refractivity contribution in [2.75, 3.05) is 19.6 Å². The highest BCUT2D eigenvalue weighted by molar-refractivity contribution is 4.89. The third-order valence-corrected chi connectivity index (χ3v) is 4.95.